The zero-order chi connectivity index (χ0) is 13.8. The van der Waals surface area contributed by atoms with E-state index in [1.165, 1.54) is 17.8 Å². The first kappa shape index (κ1) is 16.9. The van der Waals surface area contributed by atoms with Gasteiger partial charge in [-0.3, -0.25) is 0 Å². The summed E-state index contributed by atoms with van der Waals surface area (Å²) in [5.41, 5.74) is 6.53. The molecule has 0 aliphatic carbocycles. The molecule has 0 saturated carbocycles. The summed E-state index contributed by atoms with van der Waals surface area (Å²) in [6.45, 7) is 3.97. The minimum atomic E-state index is -0.268. The van der Waals surface area contributed by atoms with Crippen molar-refractivity contribution in [1.29, 1.82) is 0 Å². The second-order valence-corrected chi connectivity index (χ2v) is 5.48. The molecule has 0 saturated heterocycles. The third-order valence-corrected chi connectivity index (χ3v) is 3.60. The number of hydrogen-bond acceptors (Lipinski definition) is 5. The summed E-state index contributed by atoms with van der Waals surface area (Å²) in [7, 11) is 0. The molecule has 0 bridgehead atoms. The van der Waals surface area contributed by atoms with Crippen molar-refractivity contribution < 1.29 is 8.81 Å². The Labute approximate surface area is 127 Å². The van der Waals surface area contributed by atoms with Crippen LogP contribution in [0.3, 0.4) is 0 Å². The maximum atomic E-state index is 13.4. The van der Waals surface area contributed by atoms with Gasteiger partial charge >= 0.3 is 0 Å². The Bertz CT molecular complexity index is 550. The minimum Gasteiger partial charge on any atom is -0.414 e. The fourth-order valence-electron chi connectivity index (χ4n) is 1.45. The van der Waals surface area contributed by atoms with Crippen molar-refractivity contribution >= 4 is 24.2 Å². The Morgan fingerprint density at radius 1 is 1.30 bits per heavy atom. The van der Waals surface area contributed by atoms with E-state index in [0.717, 1.165) is 0 Å². The largest absolute Gasteiger partial charge is 0.414 e. The van der Waals surface area contributed by atoms with E-state index in [1.54, 1.807) is 18.2 Å². The van der Waals surface area contributed by atoms with Crippen molar-refractivity contribution in [3.8, 4) is 0 Å². The summed E-state index contributed by atoms with van der Waals surface area (Å²) >= 11 is 1.30. The van der Waals surface area contributed by atoms with E-state index in [1.807, 2.05) is 13.8 Å². The molecule has 1 aromatic carbocycles. The average molecular weight is 318 g/mol. The van der Waals surface area contributed by atoms with Crippen LogP contribution in [0.15, 0.2) is 33.9 Å². The van der Waals surface area contributed by atoms with Crippen LogP contribution in [0.25, 0.3) is 0 Å². The minimum absolute atomic E-state index is 0. The number of nitrogens with zero attached hydrogens (tertiary/aromatic N) is 2. The summed E-state index contributed by atoms with van der Waals surface area (Å²) < 4.78 is 18.9. The van der Waals surface area contributed by atoms with Crippen LogP contribution in [0.4, 0.5) is 4.39 Å². The lowest BCUT2D eigenvalue weighted by Gasteiger charge is -2.09. The molecule has 0 aliphatic rings. The zero-order valence-corrected chi connectivity index (χ0v) is 12.9. The first-order valence-electron chi connectivity index (χ1n) is 6.03. The molecule has 1 atom stereocenters. The first-order chi connectivity index (χ1) is 9.08. The Morgan fingerprint density at radius 2 is 2.00 bits per heavy atom. The van der Waals surface area contributed by atoms with Gasteiger partial charge in [-0.1, -0.05) is 43.8 Å². The molecule has 7 heteroatoms. The highest BCUT2D eigenvalue weighted by atomic mass is 35.5. The fraction of sp³-hybridized carbons (Fsp3) is 0.385. The van der Waals surface area contributed by atoms with Gasteiger partial charge in [0.05, 0.1) is 6.04 Å². The van der Waals surface area contributed by atoms with Gasteiger partial charge in [-0.05, 0) is 17.5 Å². The molecule has 0 spiro atoms. The van der Waals surface area contributed by atoms with E-state index in [2.05, 4.69) is 10.2 Å². The number of benzene rings is 1. The number of rotatable bonds is 5. The number of halogens is 2. The summed E-state index contributed by atoms with van der Waals surface area (Å²) in [5, 5.41) is 8.24. The van der Waals surface area contributed by atoms with Gasteiger partial charge in [-0.15, -0.1) is 22.6 Å². The maximum Gasteiger partial charge on any atom is 0.276 e. The quantitative estimate of drug-likeness (QED) is 0.854. The molecule has 2 aromatic rings. The highest BCUT2D eigenvalue weighted by Crippen LogP contribution is 2.25. The predicted molar refractivity (Wildman–Crippen MR) is 79.3 cm³/mol. The lowest BCUT2D eigenvalue weighted by atomic mass is 10.1. The summed E-state index contributed by atoms with van der Waals surface area (Å²) in [5.74, 6) is 0.870. The van der Waals surface area contributed by atoms with Gasteiger partial charge in [-0.2, -0.15) is 0 Å². The molecule has 1 heterocycles. The van der Waals surface area contributed by atoms with Gasteiger partial charge in [-0.25, -0.2) is 4.39 Å². The zero-order valence-electron chi connectivity index (χ0n) is 11.2. The molecule has 110 valence electrons. The summed E-state index contributed by atoms with van der Waals surface area (Å²) in [4.78, 5) is 0. The maximum absolute atomic E-state index is 13.4. The summed E-state index contributed by atoms with van der Waals surface area (Å²) in [6.07, 6.45) is 0. The Balaban J connectivity index is 0.00000200. The highest BCUT2D eigenvalue weighted by Gasteiger charge is 2.18. The van der Waals surface area contributed by atoms with Crippen molar-refractivity contribution in [3.05, 3.63) is 41.5 Å². The fourth-order valence-corrected chi connectivity index (χ4v) is 2.21. The Hall–Kier alpha value is -1.11. The second kappa shape index (κ2) is 7.61. The molecule has 4 nitrogen and oxygen atoms in total. The van der Waals surface area contributed by atoms with Crippen molar-refractivity contribution in [3.63, 3.8) is 0 Å². The molecule has 20 heavy (non-hydrogen) atoms. The molecular weight excluding hydrogens is 301 g/mol. The van der Waals surface area contributed by atoms with Crippen LogP contribution < -0.4 is 5.73 Å². The van der Waals surface area contributed by atoms with Crippen LogP contribution in [0.1, 0.15) is 31.3 Å². The SMILES string of the molecule is CC(C)[C@H](N)c1nnc(SCc2ccccc2F)o1.Cl. The van der Waals surface area contributed by atoms with E-state index in [-0.39, 0.29) is 30.2 Å². The molecule has 1 aromatic heterocycles. The third kappa shape index (κ3) is 4.19. The average Bonchev–Trinajstić information content (AvgIpc) is 2.85. The van der Waals surface area contributed by atoms with Crippen molar-refractivity contribution in [2.45, 2.75) is 30.9 Å². The third-order valence-electron chi connectivity index (χ3n) is 2.73. The van der Waals surface area contributed by atoms with Gasteiger partial charge in [0.1, 0.15) is 5.82 Å². The van der Waals surface area contributed by atoms with E-state index >= 15 is 0 Å². The van der Waals surface area contributed by atoms with Gasteiger partial charge in [0.25, 0.3) is 5.22 Å². The number of nitrogens with two attached hydrogens (primary N) is 1. The van der Waals surface area contributed by atoms with E-state index in [4.69, 9.17) is 10.2 Å². The van der Waals surface area contributed by atoms with Gasteiger partial charge in [0.2, 0.25) is 5.89 Å². The van der Waals surface area contributed by atoms with Crippen LogP contribution in [-0.2, 0) is 5.75 Å². The van der Waals surface area contributed by atoms with Crippen LogP contribution in [0, 0.1) is 11.7 Å². The molecule has 0 fully saturated rings. The molecular formula is C13H17ClFN3OS. The van der Waals surface area contributed by atoms with E-state index < -0.39 is 0 Å². The smallest absolute Gasteiger partial charge is 0.276 e. The van der Waals surface area contributed by atoms with Gasteiger partial charge in [0.15, 0.2) is 0 Å². The molecule has 0 radical (unpaired) electrons. The Morgan fingerprint density at radius 3 is 2.65 bits per heavy atom. The van der Waals surface area contributed by atoms with E-state index in [9.17, 15) is 4.39 Å². The van der Waals surface area contributed by atoms with Crippen LogP contribution in [0.5, 0.6) is 0 Å². The highest BCUT2D eigenvalue weighted by molar-refractivity contribution is 7.98. The van der Waals surface area contributed by atoms with Gasteiger partial charge in [0, 0.05) is 5.75 Å². The Kier molecular flexibility index (Phi) is 6.45. The number of hydrogen-bond donors (Lipinski definition) is 1. The van der Waals surface area contributed by atoms with Gasteiger partial charge < -0.3 is 10.2 Å². The molecule has 0 aliphatic heterocycles. The normalized spacial score (nSPS) is 12.2. The predicted octanol–water partition coefficient (Wildman–Crippen LogP) is 3.58. The first-order valence-corrected chi connectivity index (χ1v) is 7.01. The molecule has 0 unspecified atom stereocenters. The number of aromatic nitrogens is 2. The van der Waals surface area contributed by atoms with Crippen LogP contribution in [0.2, 0.25) is 0 Å². The van der Waals surface area contributed by atoms with Crippen molar-refractivity contribution in [1.82, 2.24) is 10.2 Å². The van der Waals surface area contributed by atoms with Crippen molar-refractivity contribution in [2.24, 2.45) is 11.7 Å². The van der Waals surface area contributed by atoms with E-state index in [0.29, 0.717) is 22.4 Å². The lowest BCUT2D eigenvalue weighted by molar-refractivity contribution is 0.349. The van der Waals surface area contributed by atoms with Crippen LogP contribution >= 0.6 is 24.2 Å². The monoisotopic (exact) mass is 317 g/mol. The number of thioether (sulfide) groups is 1. The van der Waals surface area contributed by atoms with Crippen molar-refractivity contribution in [2.75, 3.05) is 0 Å². The molecule has 0 amide bonds. The second-order valence-electron chi connectivity index (χ2n) is 4.56. The summed E-state index contributed by atoms with van der Waals surface area (Å²) in [6, 6.07) is 6.36. The molecule has 2 N–H and O–H groups in total. The lowest BCUT2D eigenvalue weighted by Crippen LogP contribution is -2.16. The standard InChI is InChI=1S/C13H16FN3OS.ClH/c1-8(2)11(15)12-16-17-13(18-12)19-7-9-5-3-4-6-10(9)14;/h3-6,8,11H,7,15H2,1-2H3;1H/t11-;/m0./s1. The topological polar surface area (TPSA) is 64.9 Å². The molecule has 2 rings (SSSR count). The van der Waals surface area contributed by atoms with Crippen LogP contribution in [-0.4, -0.2) is 10.2 Å².